The summed E-state index contributed by atoms with van der Waals surface area (Å²) < 4.78 is 20.9. The van der Waals surface area contributed by atoms with Crippen LogP contribution in [0.5, 0.6) is 0 Å². The number of pyridine rings is 1. The SMILES string of the molecule is O=C(C[N+]12CCC(CC1)C(OC(=O)C1(c3ccccc3)CCCCCC1)C2)Nc1ccncc1F.[Cl-]. The van der Waals surface area contributed by atoms with Gasteiger partial charge in [-0.2, -0.15) is 0 Å². The zero-order valence-corrected chi connectivity index (χ0v) is 21.4. The molecule has 1 atom stereocenters. The average molecular weight is 516 g/mol. The number of fused-ring (bicyclic) bond motifs is 3. The third kappa shape index (κ3) is 5.42. The molecule has 1 saturated carbocycles. The summed E-state index contributed by atoms with van der Waals surface area (Å²) in [4.78, 5) is 30.4. The fourth-order valence-electron chi connectivity index (χ4n) is 6.50. The first-order valence-corrected chi connectivity index (χ1v) is 13.0. The molecule has 3 saturated heterocycles. The molecule has 8 heteroatoms. The Morgan fingerprint density at radius 2 is 1.75 bits per heavy atom. The van der Waals surface area contributed by atoms with Crippen LogP contribution in [0.25, 0.3) is 0 Å². The largest absolute Gasteiger partial charge is 1.00 e. The number of anilines is 1. The van der Waals surface area contributed by atoms with Gasteiger partial charge in [0.25, 0.3) is 5.91 Å². The average Bonchev–Trinajstić information content (AvgIpc) is 3.14. The molecule has 1 amide bonds. The molecular weight excluding hydrogens is 481 g/mol. The van der Waals surface area contributed by atoms with Crippen LogP contribution < -0.4 is 17.7 Å². The Morgan fingerprint density at radius 3 is 2.42 bits per heavy atom. The molecule has 1 unspecified atom stereocenters. The van der Waals surface area contributed by atoms with Crippen LogP contribution in [-0.4, -0.2) is 53.6 Å². The summed E-state index contributed by atoms with van der Waals surface area (Å²) in [5.41, 5.74) is 0.636. The maximum Gasteiger partial charge on any atom is 0.317 e. The molecule has 6 nitrogen and oxygen atoms in total. The highest BCUT2D eigenvalue weighted by Gasteiger charge is 2.51. The van der Waals surface area contributed by atoms with E-state index in [0.29, 0.717) is 16.9 Å². The van der Waals surface area contributed by atoms with Crippen LogP contribution in [0, 0.1) is 11.7 Å². The number of piperidine rings is 3. The molecule has 1 aromatic heterocycles. The highest BCUT2D eigenvalue weighted by Crippen LogP contribution is 2.42. The Balaban J connectivity index is 0.00000304. The van der Waals surface area contributed by atoms with Crippen molar-refractivity contribution >= 4 is 17.6 Å². The van der Waals surface area contributed by atoms with Crippen LogP contribution in [0.15, 0.2) is 48.8 Å². The van der Waals surface area contributed by atoms with Crippen LogP contribution in [0.2, 0.25) is 0 Å². The molecule has 4 fully saturated rings. The number of ether oxygens (including phenoxy) is 1. The van der Waals surface area contributed by atoms with Crippen molar-refractivity contribution in [1.82, 2.24) is 4.98 Å². The molecule has 36 heavy (non-hydrogen) atoms. The summed E-state index contributed by atoms with van der Waals surface area (Å²) in [5.74, 6) is -0.506. The normalized spacial score (nSPS) is 26.8. The minimum absolute atomic E-state index is 0. The van der Waals surface area contributed by atoms with E-state index in [-0.39, 0.29) is 42.6 Å². The Labute approximate surface area is 218 Å². The molecule has 6 rings (SSSR count). The van der Waals surface area contributed by atoms with Crippen LogP contribution in [0.4, 0.5) is 10.1 Å². The lowest BCUT2D eigenvalue weighted by Crippen LogP contribution is -3.00. The number of nitrogens with one attached hydrogen (secondary N) is 1. The second-order valence-corrected chi connectivity index (χ2v) is 10.7. The Kier molecular flexibility index (Phi) is 8.30. The standard InChI is InChI=1S/C28H34FN3O3.ClH/c29-23-18-30-15-10-24(23)31-26(33)20-32-16-11-21(12-17-32)25(19-32)35-27(34)28(13-6-1-2-7-14-28)22-8-4-3-5-9-22;/h3-5,8-10,15,18,21,25H,1-2,6-7,11-14,16-17,19-20H2;1H. The lowest BCUT2D eigenvalue weighted by Gasteiger charge is -2.52. The Hall–Kier alpha value is -2.51. The number of rotatable bonds is 6. The summed E-state index contributed by atoms with van der Waals surface area (Å²) in [6, 6.07) is 11.6. The van der Waals surface area contributed by atoms with Crippen LogP contribution in [0.1, 0.15) is 56.9 Å². The number of halogens is 2. The second-order valence-electron chi connectivity index (χ2n) is 10.7. The zero-order valence-electron chi connectivity index (χ0n) is 20.6. The van der Waals surface area contributed by atoms with Crippen molar-refractivity contribution in [3.05, 3.63) is 60.2 Å². The predicted molar refractivity (Wildman–Crippen MR) is 131 cm³/mol. The van der Waals surface area contributed by atoms with Crippen LogP contribution in [0.3, 0.4) is 0 Å². The number of carbonyl (C=O) groups excluding carboxylic acids is 2. The van der Waals surface area contributed by atoms with E-state index >= 15 is 0 Å². The van der Waals surface area contributed by atoms with Crippen molar-refractivity contribution in [2.24, 2.45) is 5.92 Å². The fourth-order valence-corrected chi connectivity index (χ4v) is 6.50. The smallest absolute Gasteiger partial charge is 0.317 e. The van der Waals surface area contributed by atoms with E-state index in [9.17, 15) is 14.0 Å². The summed E-state index contributed by atoms with van der Waals surface area (Å²) in [6.45, 7) is 2.67. The van der Waals surface area contributed by atoms with Gasteiger partial charge in [-0.05, 0) is 24.5 Å². The van der Waals surface area contributed by atoms with Crippen molar-refractivity contribution in [2.45, 2.75) is 62.9 Å². The molecule has 3 aliphatic heterocycles. The minimum Gasteiger partial charge on any atom is -1.00 e. The van der Waals surface area contributed by atoms with E-state index in [1.165, 1.54) is 12.3 Å². The number of hydrogen-bond acceptors (Lipinski definition) is 4. The summed E-state index contributed by atoms with van der Waals surface area (Å²) in [7, 11) is 0. The first kappa shape index (κ1) is 26.6. The van der Waals surface area contributed by atoms with Crippen molar-refractivity contribution in [1.29, 1.82) is 0 Å². The number of nitrogens with zero attached hydrogens (tertiary/aromatic N) is 2. The summed E-state index contributed by atoms with van der Waals surface area (Å²) >= 11 is 0. The topological polar surface area (TPSA) is 68.3 Å². The van der Waals surface area contributed by atoms with Gasteiger partial charge in [-0.15, -0.1) is 0 Å². The molecule has 1 aliphatic carbocycles. The Bertz CT molecular complexity index is 1050. The lowest BCUT2D eigenvalue weighted by atomic mass is 9.74. The first-order valence-electron chi connectivity index (χ1n) is 13.0. The third-order valence-corrected chi connectivity index (χ3v) is 8.50. The molecule has 4 heterocycles. The van der Waals surface area contributed by atoms with E-state index < -0.39 is 11.2 Å². The highest BCUT2D eigenvalue weighted by molar-refractivity contribution is 5.91. The van der Waals surface area contributed by atoms with Gasteiger partial charge in [0.1, 0.15) is 6.54 Å². The van der Waals surface area contributed by atoms with Gasteiger partial charge in [0.2, 0.25) is 0 Å². The van der Waals surface area contributed by atoms with Crippen molar-refractivity contribution in [3.63, 3.8) is 0 Å². The van der Waals surface area contributed by atoms with E-state index in [1.54, 1.807) is 0 Å². The van der Waals surface area contributed by atoms with Gasteiger partial charge < -0.3 is 26.9 Å². The van der Waals surface area contributed by atoms with Gasteiger partial charge in [-0.1, -0.05) is 56.0 Å². The maximum absolute atomic E-state index is 14.0. The number of esters is 1. The number of aromatic nitrogens is 1. The van der Waals surface area contributed by atoms with Gasteiger partial charge >= 0.3 is 5.97 Å². The van der Waals surface area contributed by atoms with Gasteiger partial charge in [0, 0.05) is 25.0 Å². The molecule has 1 aromatic carbocycles. The van der Waals surface area contributed by atoms with Crippen molar-refractivity contribution in [2.75, 3.05) is 31.5 Å². The highest BCUT2D eigenvalue weighted by atomic mass is 35.5. The Morgan fingerprint density at radius 1 is 1.06 bits per heavy atom. The van der Waals surface area contributed by atoms with Crippen LogP contribution in [-0.2, 0) is 19.7 Å². The number of quaternary nitrogens is 1. The van der Waals surface area contributed by atoms with E-state index in [2.05, 4.69) is 22.4 Å². The molecule has 2 bridgehead atoms. The molecule has 4 aliphatic rings. The zero-order chi connectivity index (χ0) is 24.3. The molecular formula is C28H35ClFN3O3. The lowest BCUT2D eigenvalue weighted by molar-refractivity contribution is -0.939. The minimum atomic E-state index is -0.579. The third-order valence-electron chi connectivity index (χ3n) is 8.50. The van der Waals surface area contributed by atoms with E-state index in [0.717, 1.165) is 76.2 Å². The second kappa shape index (κ2) is 11.3. The van der Waals surface area contributed by atoms with Gasteiger partial charge in [0.15, 0.2) is 18.5 Å². The van der Waals surface area contributed by atoms with Crippen molar-refractivity contribution < 1.29 is 35.6 Å². The van der Waals surface area contributed by atoms with E-state index in [4.69, 9.17) is 4.74 Å². The molecule has 1 N–H and O–H groups in total. The van der Waals surface area contributed by atoms with Gasteiger partial charge in [0.05, 0.1) is 30.4 Å². The monoisotopic (exact) mass is 515 g/mol. The quantitative estimate of drug-likeness (QED) is 0.360. The van der Waals surface area contributed by atoms with Crippen molar-refractivity contribution in [3.8, 4) is 0 Å². The number of carbonyl (C=O) groups is 2. The molecule has 0 radical (unpaired) electrons. The van der Waals surface area contributed by atoms with Gasteiger partial charge in [-0.3, -0.25) is 14.6 Å². The maximum atomic E-state index is 14.0. The summed E-state index contributed by atoms with van der Waals surface area (Å²) in [6.07, 6.45) is 10.3. The number of benzene rings is 1. The van der Waals surface area contributed by atoms with Gasteiger partial charge in [-0.25, -0.2) is 4.39 Å². The molecule has 194 valence electrons. The fraction of sp³-hybridized carbons (Fsp3) is 0.536. The molecule has 0 spiro atoms. The van der Waals surface area contributed by atoms with E-state index in [1.807, 2.05) is 18.2 Å². The summed E-state index contributed by atoms with van der Waals surface area (Å²) in [5, 5.41) is 2.70. The predicted octanol–water partition coefficient (Wildman–Crippen LogP) is 1.61. The van der Waals surface area contributed by atoms with Crippen LogP contribution >= 0.6 is 0 Å². The number of hydrogen-bond donors (Lipinski definition) is 1. The number of amides is 1. The first-order chi connectivity index (χ1) is 17.0. The molecule has 2 aromatic rings.